The minimum atomic E-state index is -4.72. The summed E-state index contributed by atoms with van der Waals surface area (Å²) < 4.78 is 45.9. The van der Waals surface area contributed by atoms with E-state index in [0.29, 0.717) is 5.69 Å². The summed E-state index contributed by atoms with van der Waals surface area (Å²) in [5.74, 6) is 0. The van der Waals surface area contributed by atoms with Crippen LogP contribution in [0.3, 0.4) is 0 Å². The van der Waals surface area contributed by atoms with E-state index in [0.717, 1.165) is 15.8 Å². The molecule has 0 N–H and O–H groups in total. The Balaban J connectivity index is 2.45. The van der Waals surface area contributed by atoms with Gasteiger partial charge in [0.2, 0.25) is 0 Å². The molecule has 2 heterocycles. The highest BCUT2D eigenvalue weighted by Gasteiger charge is 2.40. The van der Waals surface area contributed by atoms with Gasteiger partial charge in [-0.05, 0) is 32.9 Å². The maximum absolute atomic E-state index is 13.3. The molecule has 0 radical (unpaired) electrons. The minimum Gasteiger partial charge on any atom is -0.443 e. The van der Waals surface area contributed by atoms with Crippen LogP contribution in [0.1, 0.15) is 26.5 Å². The normalized spacial score (nSPS) is 12.1. The van der Waals surface area contributed by atoms with E-state index < -0.39 is 29.3 Å². The summed E-state index contributed by atoms with van der Waals surface area (Å²) in [4.78, 5) is 16.7. The van der Waals surface area contributed by atoms with E-state index in [1.165, 1.54) is 19.4 Å². The molecule has 1 amide bonds. The molecule has 0 saturated heterocycles. The second kappa shape index (κ2) is 6.14. The molecule has 0 spiro atoms. The van der Waals surface area contributed by atoms with Gasteiger partial charge in [-0.3, -0.25) is 9.88 Å². The Hall–Kier alpha value is -2.58. The van der Waals surface area contributed by atoms with Gasteiger partial charge in [0, 0.05) is 13.2 Å². The first kappa shape index (κ1) is 17.8. The fourth-order valence-electron chi connectivity index (χ4n) is 1.86. The Bertz CT molecular complexity index is 721. The zero-order valence-electron chi connectivity index (χ0n) is 13.6. The Morgan fingerprint density at radius 1 is 1.29 bits per heavy atom. The molecule has 0 bridgehead atoms. The molecular formula is C15H17F3N4O2. The number of amides is 1. The lowest BCUT2D eigenvalue weighted by molar-refractivity contribution is -0.140. The van der Waals surface area contributed by atoms with E-state index >= 15 is 0 Å². The third-order valence-electron chi connectivity index (χ3n) is 2.90. The summed E-state index contributed by atoms with van der Waals surface area (Å²) in [5, 5.41) is 3.55. The van der Waals surface area contributed by atoms with Crippen LogP contribution in [0.2, 0.25) is 0 Å². The van der Waals surface area contributed by atoms with Gasteiger partial charge in [-0.1, -0.05) is 0 Å². The van der Waals surface area contributed by atoms with Crippen LogP contribution < -0.4 is 4.90 Å². The lowest BCUT2D eigenvalue weighted by atomic mass is 10.2. The summed E-state index contributed by atoms with van der Waals surface area (Å²) in [5.41, 5.74) is -2.07. The maximum Gasteiger partial charge on any atom is 0.437 e. The summed E-state index contributed by atoms with van der Waals surface area (Å²) in [6.45, 7) is 4.88. The van der Waals surface area contributed by atoms with Gasteiger partial charge < -0.3 is 4.74 Å². The van der Waals surface area contributed by atoms with Gasteiger partial charge in [0.25, 0.3) is 0 Å². The van der Waals surface area contributed by atoms with Crippen LogP contribution in [0, 0.1) is 0 Å². The topological polar surface area (TPSA) is 60.2 Å². The van der Waals surface area contributed by atoms with Gasteiger partial charge in [-0.25, -0.2) is 9.48 Å². The smallest absolute Gasteiger partial charge is 0.437 e. The monoisotopic (exact) mass is 342 g/mol. The van der Waals surface area contributed by atoms with E-state index in [9.17, 15) is 18.0 Å². The fourth-order valence-corrected chi connectivity index (χ4v) is 1.86. The number of rotatable bonds is 2. The van der Waals surface area contributed by atoms with E-state index in [-0.39, 0.29) is 0 Å². The molecule has 130 valence electrons. The zero-order chi connectivity index (χ0) is 18.1. The van der Waals surface area contributed by atoms with Crippen molar-refractivity contribution in [3.8, 4) is 5.69 Å². The molecular weight excluding hydrogens is 325 g/mol. The van der Waals surface area contributed by atoms with Crippen LogP contribution in [0.25, 0.3) is 5.69 Å². The fraction of sp³-hybridized carbons (Fsp3) is 0.400. The molecule has 6 nitrogen and oxygen atoms in total. The molecule has 2 aromatic rings. The van der Waals surface area contributed by atoms with E-state index in [2.05, 4.69) is 10.1 Å². The summed E-state index contributed by atoms with van der Waals surface area (Å²) in [7, 11) is 1.20. The Morgan fingerprint density at radius 2 is 1.96 bits per heavy atom. The van der Waals surface area contributed by atoms with E-state index in [1.54, 1.807) is 32.9 Å². The van der Waals surface area contributed by atoms with E-state index in [1.807, 2.05) is 0 Å². The van der Waals surface area contributed by atoms with Crippen molar-refractivity contribution in [2.75, 3.05) is 11.9 Å². The summed E-state index contributed by atoms with van der Waals surface area (Å²) in [6.07, 6.45) is -1.66. The summed E-state index contributed by atoms with van der Waals surface area (Å²) >= 11 is 0. The number of carbonyl (C=O) groups excluding carboxylic acids is 1. The number of alkyl halides is 3. The van der Waals surface area contributed by atoms with Crippen molar-refractivity contribution in [1.29, 1.82) is 0 Å². The van der Waals surface area contributed by atoms with Crippen molar-refractivity contribution >= 4 is 11.8 Å². The van der Waals surface area contributed by atoms with Gasteiger partial charge in [-0.2, -0.15) is 18.3 Å². The molecule has 2 aromatic heterocycles. The third kappa shape index (κ3) is 4.03. The van der Waals surface area contributed by atoms with Gasteiger partial charge in [0.15, 0.2) is 5.69 Å². The molecule has 0 fully saturated rings. The van der Waals surface area contributed by atoms with Gasteiger partial charge in [-0.15, -0.1) is 0 Å². The molecule has 24 heavy (non-hydrogen) atoms. The van der Waals surface area contributed by atoms with E-state index in [4.69, 9.17) is 4.74 Å². The molecule has 0 saturated carbocycles. The number of hydrogen-bond donors (Lipinski definition) is 0. The van der Waals surface area contributed by atoms with Crippen LogP contribution in [0.5, 0.6) is 0 Å². The van der Waals surface area contributed by atoms with Crippen LogP contribution in [0.4, 0.5) is 23.7 Å². The van der Waals surface area contributed by atoms with Crippen molar-refractivity contribution in [2.24, 2.45) is 0 Å². The molecule has 0 aliphatic rings. The lowest BCUT2D eigenvalue weighted by Gasteiger charge is -2.24. The Kier molecular flexibility index (Phi) is 4.54. The SMILES string of the molecule is CN(C(=O)OC(C)(C)C)c1cn(-c2cccnc2)nc1C(F)(F)F. The van der Waals surface area contributed by atoms with Gasteiger partial charge >= 0.3 is 12.3 Å². The number of halogens is 3. The minimum absolute atomic E-state index is 0.340. The largest absolute Gasteiger partial charge is 0.443 e. The highest BCUT2D eigenvalue weighted by atomic mass is 19.4. The number of carbonyl (C=O) groups is 1. The molecule has 0 aliphatic carbocycles. The molecule has 9 heteroatoms. The maximum atomic E-state index is 13.3. The highest BCUT2D eigenvalue weighted by molar-refractivity contribution is 5.88. The first-order valence-corrected chi connectivity index (χ1v) is 7.03. The molecule has 2 rings (SSSR count). The standard InChI is InChI=1S/C15H17F3N4O2/c1-14(2,3)24-13(23)21(4)11-9-22(10-6-5-7-19-8-10)20-12(11)15(16,17)18/h5-9H,1-4H3. The predicted octanol–water partition coefficient (Wildman–Crippen LogP) is 3.66. The number of anilines is 1. The van der Waals surface area contributed by atoms with Crippen molar-refractivity contribution in [3.63, 3.8) is 0 Å². The number of ether oxygens (including phenoxy) is 1. The quantitative estimate of drug-likeness (QED) is 0.836. The first-order chi connectivity index (χ1) is 11.0. The molecule has 0 aliphatic heterocycles. The average molecular weight is 342 g/mol. The van der Waals surface area contributed by atoms with Crippen LogP contribution in [0.15, 0.2) is 30.7 Å². The molecule has 0 atom stereocenters. The summed E-state index contributed by atoms with van der Waals surface area (Å²) in [6, 6.07) is 3.12. The van der Waals surface area contributed by atoms with Crippen molar-refractivity contribution in [3.05, 3.63) is 36.4 Å². The van der Waals surface area contributed by atoms with Crippen LogP contribution in [-0.2, 0) is 10.9 Å². The number of hydrogen-bond acceptors (Lipinski definition) is 4. The molecule has 0 aromatic carbocycles. The number of aromatic nitrogens is 3. The van der Waals surface area contributed by atoms with Gasteiger partial charge in [0.1, 0.15) is 5.60 Å². The number of pyridine rings is 1. The predicted molar refractivity (Wildman–Crippen MR) is 81.0 cm³/mol. The van der Waals surface area contributed by atoms with Crippen molar-refractivity contribution in [2.45, 2.75) is 32.5 Å². The highest BCUT2D eigenvalue weighted by Crippen LogP contribution is 2.36. The molecule has 0 unspecified atom stereocenters. The lowest BCUT2D eigenvalue weighted by Crippen LogP contribution is -2.34. The Labute approximate surface area is 136 Å². The van der Waals surface area contributed by atoms with Crippen LogP contribution in [-0.4, -0.2) is 33.5 Å². The third-order valence-corrected chi connectivity index (χ3v) is 2.90. The van der Waals surface area contributed by atoms with Gasteiger partial charge in [0.05, 0.1) is 23.8 Å². The number of nitrogens with zero attached hydrogens (tertiary/aromatic N) is 4. The first-order valence-electron chi connectivity index (χ1n) is 7.03. The second-order valence-electron chi connectivity index (χ2n) is 6.06. The second-order valence-corrected chi connectivity index (χ2v) is 6.06. The van der Waals surface area contributed by atoms with Crippen molar-refractivity contribution < 1.29 is 22.7 Å². The van der Waals surface area contributed by atoms with Crippen molar-refractivity contribution in [1.82, 2.24) is 14.8 Å². The average Bonchev–Trinajstić information content (AvgIpc) is 2.90. The zero-order valence-corrected chi connectivity index (χ0v) is 13.6. The van der Waals surface area contributed by atoms with Crippen LogP contribution >= 0.6 is 0 Å². The Morgan fingerprint density at radius 3 is 2.46 bits per heavy atom.